The molecule has 1 N–H and O–H groups in total. The van der Waals surface area contributed by atoms with Crippen molar-refractivity contribution < 1.29 is 9.53 Å². The molecule has 0 saturated heterocycles. The lowest BCUT2D eigenvalue weighted by Gasteiger charge is -2.33. The van der Waals surface area contributed by atoms with E-state index in [1.807, 2.05) is 89.8 Å². The van der Waals surface area contributed by atoms with Gasteiger partial charge >= 0.3 is 6.03 Å². The molecule has 0 radical (unpaired) electrons. The number of amides is 2. The number of hydrogen-bond acceptors (Lipinski definition) is 2. The van der Waals surface area contributed by atoms with Gasteiger partial charge in [0.05, 0.1) is 25.4 Å². The zero-order valence-corrected chi connectivity index (χ0v) is 19.9. The van der Waals surface area contributed by atoms with E-state index >= 15 is 0 Å². The SMILES string of the molecule is COc1ccccc1CN(C(=O)Nc1ccccc1Br)C(c1ccccc1)c1ccccc1. The Bertz CT molecular complexity index is 1160. The van der Waals surface area contributed by atoms with Crippen LogP contribution in [0.2, 0.25) is 0 Å². The Morgan fingerprint density at radius 1 is 0.818 bits per heavy atom. The third kappa shape index (κ3) is 5.44. The molecule has 0 aliphatic carbocycles. The summed E-state index contributed by atoms with van der Waals surface area (Å²) in [6, 6.07) is 35.1. The number of urea groups is 1. The Morgan fingerprint density at radius 3 is 1.97 bits per heavy atom. The van der Waals surface area contributed by atoms with Crippen molar-refractivity contribution >= 4 is 27.6 Å². The van der Waals surface area contributed by atoms with E-state index in [9.17, 15) is 4.79 Å². The predicted octanol–water partition coefficient (Wildman–Crippen LogP) is 7.28. The van der Waals surface area contributed by atoms with E-state index in [2.05, 4.69) is 45.5 Å². The largest absolute Gasteiger partial charge is 0.496 e. The van der Waals surface area contributed by atoms with Gasteiger partial charge in [-0.1, -0.05) is 91.0 Å². The lowest BCUT2D eigenvalue weighted by Crippen LogP contribution is -2.38. The molecular formula is C28H25BrN2O2. The van der Waals surface area contributed by atoms with Crippen LogP contribution in [0.25, 0.3) is 0 Å². The number of nitrogens with one attached hydrogen (secondary N) is 1. The van der Waals surface area contributed by atoms with E-state index in [1.54, 1.807) is 7.11 Å². The standard InChI is InChI=1S/C28H25BrN2O2/c1-33-26-19-11-8-16-23(26)20-31(28(32)30-25-18-10-9-17-24(25)29)27(21-12-4-2-5-13-21)22-14-6-3-7-15-22/h2-19,27H,20H2,1H3,(H,30,32). The van der Waals surface area contributed by atoms with E-state index in [0.29, 0.717) is 12.2 Å². The predicted molar refractivity (Wildman–Crippen MR) is 136 cm³/mol. The van der Waals surface area contributed by atoms with Gasteiger partial charge in [0.2, 0.25) is 0 Å². The minimum Gasteiger partial charge on any atom is -0.496 e. The van der Waals surface area contributed by atoms with Crippen molar-refractivity contribution in [2.24, 2.45) is 0 Å². The van der Waals surface area contributed by atoms with Gasteiger partial charge in [-0.2, -0.15) is 0 Å². The van der Waals surface area contributed by atoms with Gasteiger partial charge in [0, 0.05) is 10.0 Å². The highest BCUT2D eigenvalue weighted by molar-refractivity contribution is 9.10. The van der Waals surface area contributed by atoms with Crippen molar-refractivity contribution in [1.82, 2.24) is 4.90 Å². The molecule has 0 unspecified atom stereocenters. The van der Waals surface area contributed by atoms with Crippen LogP contribution in [0.1, 0.15) is 22.7 Å². The van der Waals surface area contributed by atoms with E-state index in [1.165, 1.54) is 0 Å². The number of methoxy groups -OCH3 is 1. The van der Waals surface area contributed by atoms with Crippen LogP contribution >= 0.6 is 15.9 Å². The Hall–Kier alpha value is -3.57. The molecule has 0 spiro atoms. The molecule has 0 heterocycles. The smallest absolute Gasteiger partial charge is 0.322 e. The van der Waals surface area contributed by atoms with Crippen LogP contribution in [0.15, 0.2) is 114 Å². The lowest BCUT2D eigenvalue weighted by molar-refractivity contribution is 0.193. The van der Waals surface area contributed by atoms with Gasteiger partial charge in [0.15, 0.2) is 0 Å². The molecule has 0 aliphatic rings. The van der Waals surface area contributed by atoms with Crippen molar-refractivity contribution in [3.05, 3.63) is 130 Å². The summed E-state index contributed by atoms with van der Waals surface area (Å²) in [7, 11) is 1.65. The van der Waals surface area contributed by atoms with Crippen LogP contribution < -0.4 is 10.1 Å². The van der Waals surface area contributed by atoms with Crippen molar-refractivity contribution in [3.8, 4) is 5.75 Å². The summed E-state index contributed by atoms with van der Waals surface area (Å²) in [5, 5.41) is 3.09. The molecule has 4 aromatic rings. The minimum absolute atomic E-state index is 0.203. The summed E-state index contributed by atoms with van der Waals surface area (Å²) in [5.41, 5.74) is 3.70. The number of nitrogens with zero attached hydrogens (tertiary/aromatic N) is 1. The first kappa shape index (κ1) is 22.6. The molecule has 4 nitrogen and oxygen atoms in total. The van der Waals surface area contributed by atoms with Gasteiger partial charge in [-0.05, 0) is 45.3 Å². The third-order valence-corrected chi connectivity index (χ3v) is 6.14. The first-order valence-corrected chi connectivity index (χ1v) is 11.5. The number of anilines is 1. The summed E-state index contributed by atoms with van der Waals surface area (Å²) >= 11 is 3.54. The van der Waals surface area contributed by atoms with Crippen LogP contribution in [0, 0.1) is 0 Å². The molecule has 0 fully saturated rings. The maximum atomic E-state index is 13.8. The summed E-state index contributed by atoms with van der Waals surface area (Å²) in [4.78, 5) is 15.7. The molecule has 4 aromatic carbocycles. The Kier molecular flexibility index (Phi) is 7.43. The highest BCUT2D eigenvalue weighted by Crippen LogP contribution is 2.33. The molecule has 0 bridgehead atoms. The molecule has 0 aromatic heterocycles. The number of para-hydroxylation sites is 2. The van der Waals surface area contributed by atoms with Crippen molar-refractivity contribution in [3.63, 3.8) is 0 Å². The van der Waals surface area contributed by atoms with Crippen molar-refractivity contribution in [2.45, 2.75) is 12.6 Å². The number of carbonyl (C=O) groups is 1. The van der Waals surface area contributed by atoms with Gasteiger partial charge in [-0.15, -0.1) is 0 Å². The molecule has 166 valence electrons. The van der Waals surface area contributed by atoms with Crippen LogP contribution in [0.5, 0.6) is 5.75 Å². The van der Waals surface area contributed by atoms with E-state index in [0.717, 1.165) is 26.9 Å². The lowest BCUT2D eigenvalue weighted by atomic mass is 9.96. The monoisotopic (exact) mass is 500 g/mol. The fraction of sp³-hybridized carbons (Fsp3) is 0.107. The second-order valence-corrected chi connectivity index (χ2v) is 8.43. The van der Waals surface area contributed by atoms with Gasteiger partial charge < -0.3 is 15.0 Å². The topological polar surface area (TPSA) is 41.6 Å². The molecule has 33 heavy (non-hydrogen) atoms. The summed E-state index contributed by atoms with van der Waals surface area (Å²) in [6.45, 7) is 0.370. The zero-order valence-electron chi connectivity index (χ0n) is 18.3. The highest BCUT2D eigenvalue weighted by Gasteiger charge is 2.28. The average molecular weight is 501 g/mol. The van der Waals surface area contributed by atoms with Crippen LogP contribution in [-0.4, -0.2) is 18.0 Å². The molecule has 4 rings (SSSR count). The van der Waals surface area contributed by atoms with Gasteiger partial charge in [0.25, 0.3) is 0 Å². The molecule has 5 heteroatoms. The van der Waals surface area contributed by atoms with Crippen LogP contribution in [-0.2, 0) is 6.54 Å². The number of ether oxygens (including phenoxy) is 1. The first-order valence-electron chi connectivity index (χ1n) is 10.7. The van der Waals surface area contributed by atoms with E-state index in [4.69, 9.17) is 4.74 Å². The van der Waals surface area contributed by atoms with Gasteiger partial charge in [-0.3, -0.25) is 0 Å². The fourth-order valence-electron chi connectivity index (χ4n) is 3.87. The van der Waals surface area contributed by atoms with Gasteiger partial charge in [0.1, 0.15) is 5.75 Å². The maximum Gasteiger partial charge on any atom is 0.322 e. The van der Waals surface area contributed by atoms with Crippen LogP contribution in [0.4, 0.5) is 10.5 Å². The second kappa shape index (κ2) is 10.8. The van der Waals surface area contributed by atoms with Crippen molar-refractivity contribution in [2.75, 3.05) is 12.4 Å². The minimum atomic E-state index is -0.292. The second-order valence-electron chi connectivity index (χ2n) is 7.57. The highest BCUT2D eigenvalue weighted by atomic mass is 79.9. The first-order chi connectivity index (χ1) is 16.2. The molecule has 0 atom stereocenters. The Morgan fingerprint density at radius 2 is 1.36 bits per heavy atom. The number of halogens is 1. The third-order valence-electron chi connectivity index (χ3n) is 5.45. The molecular weight excluding hydrogens is 476 g/mol. The maximum absolute atomic E-state index is 13.8. The number of hydrogen-bond donors (Lipinski definition) is 1. The van der Waals surface area contributed by atoms with E-state index in [-0.39, 0.29) is 12.1 Å². The quantitative estimate of drug-likeness (QED) is 0.289. The van der Waals surface area contributed by atoms with E-state index < -0.39 is 0 Å². The number of carbonyl (C=O) groups excluding carboxylic acids is 1. The summed E-state index contributed by atoms with van der Waals surface area (Å²) in [6.07, 6.45) is 0. The van der Waals surface area contributed by atoms with Crippen molar-refractivity contribution in [1.29, 1.82) is 0 Å². The summed E-state index contributed by atoms with van der Waals surface area (Å²) in [5.74, 6) is 0.746. The number of benzene rings is 4. The summed E-state index contributed by atoms with van der Waals surface area (Å²) < 4.78 is 6.41. The molecule has 0 aliphatic heterocycles. The zero-order chi connectivity index (χ0) is 23.0. The number of rotatable bonds is 7. The normalized spacial score (nSPS) is 10.6. The molecule has 2 amide bonds. The van der Waals surface area contributed by atoms with Crippen LogP contribution in [0.3, 0.4) is 0 Å². The average Bonchev–Trinajstić information content (AvgIpc) is 2.86. The Balaban J connectivity index is 1.80. The Labute approximate surface area is 203 Å². The van der Waals surface area contributed by atoms with Gasteiger partial charge in [-0.25, -0.2) is 4.79 Å². The molecule has 0 saturated carbocycles. The fourth-order valence-corrected chi connectivity index (χ4v) is 4.25.